The molecule has 2 saturated heterocycles. The van der Waals surface area contributed by atoms with Crippen molar-refractivity contribution >= 4 is 5.96 Å². The van der Waals surface area contributed by atoms with Crippen molar-refractivity contribution in [3.63, 3.8) is 0 Å². The Hall–Kier alpha value is -1.63. The van der Waals surface area contributed by atoms with Gasteiger partial charge in [-0.1, -0.05) is 37.3 Å². The summed E-state index contributed by atoms with van der Waals surface area (Å²) in [4.78, 5) is 9.53. The van der Waals surface area contributed by atoms with Crippen molar-refractivity contribution in [3.05, 3.63) is 35.9 Å². The number of likely N-dealkylation sites (tertiary alicyclic amines) is 1. The smallest absolute Gasteiger partial charge is 0.191 e. The number of morpholine rings is 1. The molecule has 2 N–H and O–H groups in total. The molecule has 156 valence electrons. The van der Waals surface area contributed by atoms with Crippen LogP contribution in [0.2, 0.25) is 0 Å². The van der Waals surface area contributed by atoms with Crippen LogP contribution in [0.1, 0.15) is 31.4 Å². The van der Waals surface area contributed by atoms with E-state index in [1.54, 1.807) is 0 Å². The van der Waals surface area contributed by atoms with Crippen LogP contribution in [0.15, 0.2) is 35.3 Å². The maximum Gasteiger partial charge on any atom is 0.191 e. The molecule has 0 saturated carbocycles. The fourth-order valence-corrected chi connectivity index (χ4v) is 4.16. The van der Waals surface area contributed by atoms with Crippen LogP contribution in [0.3, 0.4) is 0 Å². The van der Waals surface area contributed by atoms with E-state index in [2.05, 4.69) is 62.7 Å². The molecule has 2 atom stereocenters. The van der Waals surface area contributed by atoms with Gasteiger partial charge in [0.2, 0.25) is 0 Å². The molecule has 6 nitrogen and oxygen atoms in total. The summed E-state index contributed by atoms with van der Waals surface area (Å²) >= 11 is 0. The molecule has 2 aliphatic rings. The first-order chi connectivity index (χ1) is 13.8. The average Bonchev–Trinajstić information content (AvgIpc) is 3.26. The van der Waals surface area contributed by atoms with E-state index in [0.717, 1.165) is 51.9 Å². The first-order valence-corrected chi connectivity index (χ1v) is 10.8. The number of nitrogens with zero attached hydrogens (tertiary/aromatic N) is 3. The van der Waals surface area contributed by atoms with Gasteiger partial charge in [0.15, 0.2) is 5.96 Å². The summed E-state index contributed by atoms with van der Waals surface area (Å²) in [6.45, 7) is 11.4. The second-order valence-corrected chi connectivity index (χ2v) is 8.02. The first kappa shape index (κ1) is 21.1. The van der Waals surface area contributed by atoms with E-state index in [1.807, 2.05) is 7.05 Å². The maximum absolute atomic E-state index is 5.44. The highest BCUT2D eigenvalue weighted by atomic mass is 16.5. The predicted octanol–water partition coefficient (Wildman–Crippen LogP) is 1.96. The first-order valence-electron chi connectivity index (χ1n) is 10.8. The Bertz CT molecular complexity index is 582. The minimum absolute atomic E-state index is 0.396. The molecule has 0 aliphatic carbocycles. The number of rotatable bonds is 8. The lowest BCUT2D eigenvalue weighted by Crippen LogP contribution is -2.45. The molecule has 0 amide bonds. The molecule has 1 aromatic carbocycles. The summed E-state index contributed by atoms with van der Waals surface area (Å²) in [5.74, 6) is 1.47. The standard InChI is InChI=1S/C22H37N5O/c1-19(18-26-12-14-28-15-13-26)16-24-22(23-2)25-17-21(27-10-6-7-11-27)20-8-4-3-5-9-20/h3-5,8-9,19,21H,6-7,10-18H2,1-2H3,(H2,23,24,25). The lowest BCUT2D eigenvalue weighted by molar-refractivity contribution is 0.0320. The summed E-state index contributed by atoms with van der Waals surface area (Å²) in [5, 5.41) is 7.09. The second kappa shape index (κ2) is 11.4. The van der Waals surface area contributed by atoms with E-state index >= 15 is 0 Å². The third-order valence-corrected chi connectivity index (χ3v) is 5.74. The molecule has 2 unspecified atom stereocenters. The van der Waals surface area contributed by atoms with Gasteiger partial charge in [-0.2, -0.15) is 0 Å². The monoisotopic (exact) mass is 387 g/mol. The SMILES string of the molecule is CN=C(NCC(C)CN1CCOCC1)NCC(c1ccccc1)N1CCCC1. The Labute approximate surface area is 170 Å². The largest absolute Gasteiger partial charge is 0.379 e. The van der Waals surface area contributed by atoms with Crippen molar-refractivity contribution in [2.45, 2.75) is 25.8 Å². The number of aliphatic imine (C=N–C) groups is 1. The minimum Gasteiger partial charge on any atom is -0.379 e. The van der Waals surface area contributed by atoms with Gasteiger partial charge in [-0.3, -0.25) is 14.8 Å². The lowest BCUT2D eigenvalue weighted by atomic mass is 10.1. The van der Waals surface area contributed by atoms with Gasteiger partial charge < -0.3 is 15.4 Å². The topological polar surface area (TPSA) is 52.1 Å². The Balaban J connectivity index is 1.47. The van der Waals surface area contributed by atoms with Gasteiger partial charge >= 0.3 is 0 Å². The maximum atomic E-state index is 5.44. The molecule has 2 aliphatic heterocycles. The number of guanidine groups is 1. The van der Waals surface area contributed by atoms with Crippen molar-refractivity contribution in [2.24, 2.45) is 10.9 Å². The Kier molecular flexibility index (Phi) is 8.58. The molecule has 2 heterocycles. The van der Waals surface area contributed by atoms with Crippen molar-refractivity contribution in [2.75, 3.05) is 66.1 Å². The molecule has 6 heteroatoms. The molecule has 3 rings (SSSR count). The van der Waals surface area contributed by atoms with Crippen LogP contribution < -0.4 is 10.6 Å². The van der Waals surface area contributed by atoms with E-state index in [-0.39, 0.29) is 0 Å². The van der Waals surface area contributed by atoms with Gasteiger partial charge in [0.25, 0.3) is 0 Å². The number of nitrogens with one attached hydrogen (secondary N) is 2. The Morgan fingerprint density at radius 2 is 1.71 bits per heavy atom. The van der Waals surface area contributed by atoms with Crippen molar-refractivity contribution in [3.8, 4) is 0 Å². The van der Waals surface area contributed by atoms with E-state index in [1.165, 1.54) is 31.5 Å². The van der Waals surface area contributed by atoms with Crippen molar-refractivity contribution in [1.29, 1.82) is 0 Å². The number of benzene rings is 1. The Morgan fingerprint density at radius 3 is 2.39 bits per heavy atom. The normalized spacial score (nSPS) is 21.4. The molecule has 1 aromatic rings. The fourth-order valence-electron chi connectivity index (χ4n) is 4.16. The van der Waals surface area contributed by atoms with Gasteiger partial charge in [0.1, 0.15) is 0 Å². The summed E-state index contributed by atoms with van der Waals surface area (Å²) in [7, 11) is 1.86. The molecule has 0 spiro atoms. The van der Waals surface area contributed by atoms with E-state index in [0.29, 0.717) is 12.0 Å². The van der Waals surface area contributed by atoms with Crippen LogP contribution >= 0.6 is 0 Å². The van der Waals surface area contributed by atoms with Crippen LogP contribution in [0.4, 0.5) is 0 Å². The van der Waals surface area contributed by atoms with Gasteiger partial charge in [-0.15, -0.1) is 0 Å². The molecule has 0 bridgehead atoms. The predicted molar refractivity (Wildman–Crippen MR) is 116 cm³/mol. The average molecular weight is 388 g/mol. The molecular weight excluding hydrogens is 350 g/mol. The summed E-state index contributed by atoms with van der Waals surface area (Å²) in [6, 6.07) is 11.2. The summed E-state index contributed by atoms with van der Waals surface area (Å²) in [5.41, 5.74) is 1.38. The van der Waals surface area contributed by atoms with Crippen LogP contribution in [-0.4, -0.2) is 81.8 Å². The zero-order valence-corrected chi connectivity index (χ0v) is 17.6. The van der Waals surface area contributed by atoms with Crippen LogP contribution in [0.25, 0.3) is 0 Å². The zero-order chi connectivity index (χ0) is 19.6. The molecule has 0 radical (unpaired) electrons. The minimum atomic E-state index is 0.396. The van der Waals surface area contributed by atoms with E-state index < -0.39 is 0 Å². The van der Waals surface area contributed by atoms with Gasteiger partial charge in [0.05, 0.1) is 19.3 Å². The highest BCUT2D eigenvalue weighted by Gasteiger charge is 2.23. The lowest BCUT2D eigenvalue weighted by Gasteiger charge is -2.30. The third kappa shape index (κ3) is 6.47. The zero-order valence-electron chi connectivity index (χ0n) is 17.6. The van der Waals surface area contributed by atoms with Gasteiger partial charge in [-0.05, 0) is 37.4 Å². The van der Waals surface area contributed by atoms with Gasteiger partial charge in [0, 0.05) is 39.8 Å². The number of hydrogen-bond donors (Lipinski definition) is 2. The number of ether oxygens (including phenoxy) is 1. The quantitative estimate of drug-likeness (QED) is 0.528. The van der Waals surface area contributed by atoms with E-state index in [4.69, 9.17) is 4.74 Å². The highest BCUT2D eigenvalue weighted by molar-refractivity contribution is 5.79. The Morgan fingerprint density at radius 1 is 1.04 bits per heavy atom. The molecule has 2 fully saturated rings. The second-order valence-electron chi connectivity index (χ2n) is 8.02. The van der Waals surface area contributed by atoms with E-state index in [9.17, 15) is 0 Å². The number of hydrogen-bond acceptors (Lipinski definition) is 4. The van der Waals surface area contributed by atoms with Crippen molar-refractivity contribution < 1.29 is 4.74 Å². The third-order valence-electron chi connectivity index (χ3n) is 5.74. The molecule has 28 heavy (non-hydrogen) atoms. The van der Waals surface area contributed by atoms with Crippen LogP contribution in [0, 0.1) is 5.92 Å². The van der Waals surface area contributed by atoms with Crippen LogP contribution in [0.5, 0.6) is 0 Å². The summed E-state index contributed by atoms with van der Waals surface area (Å²) < 4.78 is 5.44. The summed E-state index contributed by atoms with van der Waals surface area (Å²) in [6.07, 6.45) is 2.60. The highest BCUT2D eigenvalue weighted by Crippen LogP contribution is 2.24. The van der Waals surface area contributed by atoms with Crippen molar-refractivity contribution in [1.82, 2.24) is 20.4 Å². The fraction of sp³-hybridized carbons (Fsp3) is 0.682. The molecule has 0 aromatic heterocycles. The van der Waals surface area contributed by atoms with Gasteiger partial charge in [-0.25, -0.2) is 0 Å². The van der Waals surface area contributed by atoms with Crippen LogP contribution in [-0.2, 0) is 4.74 Å². The molecular formula is C22H37N5O.